The van der Waals surface area contributed by atoms with E-state index in [1.165, 1.54) is 0 Å². The molecule has 1 atom stereocenters. The normalized spacial score (nSPS) is 19.1. The maximum Gasteiger partial charge on any atom is 0.343 e. The number of carbonyl (C=O) groups is 1. The molecule has 5 nitrogen and oxygen atoms in total. The Bertz CT molecular complexity index is 451. The molecule has 1 aliphatic rings. The minimum atomic E-state index is -0.394. The number of urea groups is 1. The second kappa shape index (κ2) is 4.45. The van der Waals surface area contributed by atoms with Gasteiger partial charge in [-0.25, -0.2) is 4.79 Å². The number of amidine groups is 1. The Hall–Kier alpha value is -2.04. The Labute approximate surface area is 99.7 Å². The van der Waals surface area contributed by atoms with Crippen molar-refractivity contribution in [2.75, 3.05) is 0 Å². The number of nitrogens with one attached hydrogen (secondary N) is 1. The molecule has 0 bridgehead atoms. The molecular formula is C12H15N3O2. The fourth-order valence-electron chi connectivity index (χ4n) is 1.68. The number of carbonyl (C=O) groups excluding carboxylic acids is 1. The van der Waals surface area contributed by atoms with Gasteiger partial charge in [0.15, 0.2) is 0 Å². The lowest BCUT2D eigenvalue weighted by Crippen LogP contribution is -2.27. The molecule has 0 aliphatic carbocycles. The molecule has 0 radical (unpaired) electrons. The van der Waals surface area contributed by atoms with Gasteiger partial charge in [0.25, 0.3) is 0 Å². The first kappa shape index (κ1) is 11.4. The highest BCUT2D eigenvalue weighted by Crippen LogP contribution is 2.21. The summed E-state index contributed by atoms with van der Waals surface area (Å²) in [4.78, 5) is 14.7. The number of amides is 2. The summed E-state index contributed by atoms with van der Waals surface area (Å²) in [5.41, 5.74) is 6.55. The van der Waals surface area contributed by atoms with Crippen LogP contribution in [-0.4, -0.2) is 18.0 Å². The van der Waals surface area contributed by atoms with E-state index in [1.807, 2.05) is 38.1 Å². The van der Waals surface area contributed by atoms with Crippen molar-refractivity contribution < 1.29 is 9.53 Å². The van der Waals surface area contributed by atoms with E-state index >= 15 is 0 Å². The van der Waals surface area contributed by atoms with E-state index in [1.54, 1.807) is 0 Å². The highest BCUT2D eigenvalue weighted by Gasteiger charge is 2.24. The van der Waals surface area contributed by atoms with E-state index < -0.39 is 6.03 Å². The summed E-state index contributed by atoms with van der Waals surface area (Å²) in [5.74, 6) is 1.09. The van der Waals surface area contributed by atoms with E-state index in [0.29, 0.717) is 5.84 Å². The number of rotatable bonds is 3. The smallest absolute Gasteiger partial charge is 0.343 e. The first-order valence-corrected chi connectivity index (χ1v) is 5.47. The van der Waals surface area contributed by atoms with E-state index in [-0.39, 0.29) is 12.1 Å². The molecule has 1 aliphatic heterocycles. The minimum absolute atomic E-state index is 0.138. The Morgan fingerprint density at radius 3 is 2.47 bits per heavy atom. The van der Waals surface area contributed by atoms with E-state index in [2.05, 4.69) is 10.3 Å². The SMILES string of the molecule is CC(C)Oc1ccc(C2NC(=O)N=C2N)cc1. The Morgan fingerprint density at radius 1 is 1.35 bits per heavy atom. The molecule has 0 saturated carbocycles. The van der Waals surface area contributed by atoms with Gasteiger partial charge in [-0.2, -0.15) is 4.99 Å². The molecule has 90 valence electrons. The molecular weight excluding hydrogens is 218 g/mol. The standard InChI is InChI=1S/C12H15N3O2/c1-7(2)17-9-5-3-8(4-6-9)10-11(13)15-12(16)14-10/h3-7,10H,1-2H3,(H3,13,14,15,16). The molecule has 1 aromatic rings. The van der Waals surface area contributed by atoms with Crippen LogP contribution in [0.5, 0.6) is 5.75 Å². The van der Waals surface area contributed by atoms with Crippen molar-refractivity contribution in [3.63, 3.8) is 0 Å². The largest absolute Gasteiger partial charge is 0.491 e. The zero-order valence-corrected chi connectivity index (χ0v) is 9.81. The maximum atomic E-state index is 11.0. The van der Waals surface area contributed by atoms with Crippen LogP contribution in [0.1, 0.15) is 25.5 Å². The van der Waals surface area contributed by atoms with Gasteiger partial charge in [-0.1, -0.05) is 12.1 Å². The zero-order valence-electron chi connectivity index (χ0n) is 9.81. The number of nitrogens with zero attached hydrogens (tertiary/aromatic N) is 1. The number of nitrogens with two attached hydrogens (primary N) is 1. The lowest BCUT2D eigenvalue weighted by molar-refractivity contribution is 0.242. The van der Waals surface area contributed by atoms with Crippen LogP contribution in [0.3, 0.4) is 0 Å². The van der Waals surface area contributed by atoms with Gasteiger partial charge in [0.1, 0.15) is 17.6 Å². The van der Waals surface area contributed by atoms with Crippen LogP contribution in [0, 0.1) is 0 Å². The average Bonchev–Trinajstić information content (AvgIpc) is 2.58. The van der Waals surface area contributed by atoms with Crippen molar-refractivity contribution in [3.05, 3.63) is 29.8 Å². The molecule has 0 fully saturated rings. The molecule has 2 amide bonds. The third-order valence-corrected chi connectivity index (χ3v) is 2.38. The van der Waals surface area contributed by atoms with Crippen LogP contribution in [-0.2, 0) is 0 Å². The second-order valence-electron chi connectivity index (χ2n) is 4.15. The van der Waals surface area contributed by atoms with E-state index in [4.69, 9.17) is 10.5 Å². The van der Waals surface area contributed by atoms with Crippen LogP contribution >= 0.6 is 0 Å². The highest BCUT2D eigenvalue weighted by molar-refractivity contribution is 6.03. The first-order chi connectivity index (χ1) is 8.06. The molecule has 0 spiro atoms. The molecule has 3 N–H and O–H groups in total. The predicted molar refractivity (Wildman–Crippen MR) is 65.1 cm³/mol. The summed E-state index contributed by atoms with van der Waals surface area (Å²) in [6.07, 6.45) is 0.138. The van der Waals surface area contributed by atoms with Gasteiger partial charge in [-0.15, -0.1) is 0 Å². The number of hydrogen-bond acceptors (Lipinski definition) is 3. The van der Waals surface area contributed by atoms with Gasteiger partial charge in [0, 0.05) is 0 Å². The summed E-state index contributed by atoms with van der Waals surface area (Å²) in [7, 11) is 0. The lowest BCUT2D eigenvalue weighted by Gasteiger charge is -2.13. The van der Waals surface area contributed by atoms with E-state index in [0.717, 1.165) is 11.3 Å². The monoisotopic (exact) mass is 233 g/mol. The molecule has 1 unspecified atom stereocenters. The minimum Gasteiger partial charge on any atom is -0.491 e. The summed E-state index contributed by atoms with van der Waals surface area (Å²) in [5, 5.41) is 2.67. The van der Waals surface area contributed by atoms with Crippen molar-refractivity contribution >= 4 is 11.9 Å². The van der Waals surface area contributed by atoms with Crippen molar-refractivity contribution in [1.82, 2.24) is 5.32 Å². The summed E-state index contributed by atoms with van der Waals surface area (Å²) < 4.78 is 5.53. The summed E-state index contributed by atoms with van der Waals surface area (Å²) >= 11 is 0. The average molecular weight is 233 g/mol. The zero-order chi connectivity index (χ0) is 12.4. The van der Waals surface area contributed by atoms with Crippen molar-refractivity contribution in [2.45, 2.75) is 26.0 Å². The predicted octanol–water partition coefficient (Wildman–Crippen LogP) is 1.60. The lowest BCUT2D eigenvalue weighted by atomic mass is 10.1. The first-order valence-electron chi connectivity index (χ1n) is 5.47. The van der Waals surface area contributed by atoms with Gasteiger partial charge in [-0.05, 0) is 31.5 Å². The van der Waals surface area contributed by atoms with Crippen molar-refractivity contribution in [1.29, 1.82) is 0 Å². The van der Waals surface area contributed by atoms with Crippen LogP contribution < -0.4 is 15.8 Å². The maximum absolute atomic E-state index is 11.0. The summed E-state index contributed by atoms with van der Waals surface area (Å²) in [6, 6.07) is 6.73. The molecule has 17 heavy (non-hydrogen) atoms. The summed E-state index contributed by atoms with van der Waals surface area (Å²) in [6.45, 7) is 3.94. The number of aliphatic imine (C=N–C) groups is 1. The molecule has 0 aromatic heterocycles. The van der Waals surface area contributed by atoms with Crippen LogP contribution in [0.2, 0.25) is 0 Å². The number of benzene rings is 1. The fraction of sp³-hybridized carbons (Fsp3) is 0.333. The van der Waals surface area contributed by atoms with Gasteiger partial charge >= 0.3 is 6.03 Å². The molecule has 1 heterocycles. The number of ether oxygens (including phenoxy) is 1. The Kier molecular flexibility index (Phi) is 2.99. The Balaban J connectivity index is 2.13. The molecule has 0 saturated heterocycles. The number of hydrogen-bond donors (Lipinski definition) is 2. The van der Waals surface area contributed by atoms with Crippen LogP contribution in [0.25, 0.3) is 0 Å². The van der Waals surface area contributed by atoms with E-state index in [9.17, 15) is 4.79 Å². The van der Waals surface area contributed by atoms with Crippen molar-refractivity contribution in [2.24, 2.45) is 10.7 Å². The Morgan fingerprint density at radius 2 is 2.00 bits per heavy atom. The van der Waals surface area contributed by atoms with Crippen LogP contribution in [0.15, 0.2) is 29.3 Å². The van der Waals surface area contributed by atoms with Gasteiger partial charge < -0.3 is 15.8 Å². The van der Waals surface area contributed by atoms with Gasteiger partial charge in [0.05, 0.1) is 6.10 Å². The van der Waals surface area contributed by atoms with Gasteiger partial charge in [0.2, 0.25) is 0 Å². The third-order valence-electron chi connectivity index (χ3n) is 2.38. The second-order valence-corrected chi connectivity index (χ2v) is 4.15. The van der Waals surface area contributed by atoms with Gasteiger partial charge in [-0.3, -0.25) is 0 Å². The third kappa shape index (κ3) is 2.55. The fourth-order valence-corrected chi connectivity index (χ4v) is 1.68. The highest BCUT2D eigenvalue weighted by atomic mass is 16.5. The quantitative estimate of drug-likeness (QED) is 0.832. The molecule has 2 rings (SSSR count). The molecule has 5 heteroatoms. The van der Waals surface area contributed by atoms with Crippen molar-refractivity contribution in [3.8, 4) is 5.75 Å². The van der Waals surface area contributed by atoms with Crippen LogP contribution in [0.4, 0.5) is 4.79 Å². The topological polar surface area (TPSA) is 76.7 Å². The molecule has 1 aromatic carbocycles.